The highest BCUT2D eigenvalue weighted by Crippen LogP contribution is 2.16. The molecule has 6 N–H and O–H groups in total. The maximum atomic E-state index is 12.6. The second-order valence-electron chi connectivity index (χ2n) is 8.08. The summed E-state index contributed by atoms with van der Waals surface area (Å²) in [6.45, 7) is 3.69. The van der Waals surface area contributed by atoms with Crippen LogP contribution in [0.5, 0.6) is 0 Å². The van der Waals surface area contributed by atoms with E-state index in [1.54, 1.807) is 0 Å². The zero-order valence-electron chi connectivity index (χ0n) is 18.6. The molecule has 13 heteroatoms. The molecule has 32 heavy (non-hydrogen) atoms. The third kappa shape index (κ3) is 9.08. The van der Waals surface area contributed by atoms with Crippen LogP contribution in [0.15, 0.2) is 4.99 Å². The first kappa shape index (κ1) is 26.6. The van der Waals surface area contributed by atoms with Gasteiger partial charge in [-0.1, -0.05) is 13.3 Å². The number of aliphatic imine (C=N–C) groups is 1. The van der Waals surface area contributed by atoms with E-state index < -0.39 is 27.6 Å². The molecule has 0 aromatic heterocycles. The summed E-state index contributed by atoms with van der Waals surface area (Å²) in [5.41, 5.74) is 0.590. The number of carboxylic acid groups (broad SMARTS) is 1. The molecule has 0 aromatic rings. The number of nitrogens with zero attached hydrogens (tertiary/aromatic N) is 1. The van der Waals surface area contributed by atoms with Gasteiger partial charge >= 0.3 is 5.97 Å². The maximum absolute atomic E-state index is 12.6. The van der Waals surface area contributed by atoms with Crippen molar-refractivity contribution in [2.45, 2.75) is 76.3 Å². The number of unbranched alkanes of at least 4 members (excludes halogenated alkanes) is 2. The summed E-state index contributed by atoms with van der Waals surface area (Å²) in [5, 5.41) is 18.8. The van der Waals surface area contributed by atoms with Crippen molar-refractivity contribution >= 4 is 28.1 Å². The number of hydrogen-bond donors (Lipinski definition) is 6. The van der Waals surface area contributed by atoms with Crippen LogP contribution in [0.4, 0.5) is 0 Å². The van der Waals surface area contributed by atoms with Gasteiger partial charge in [0.05, 0.1) is 12.4 Å². The van der Waals surface area contributed by atoms with Crippen LogP contribution in [0, 0.1) is 0 Å². The number of rotatable bonds is 15. The van der Waals surface area contributed by atoms with Gasteiger partial charge in [0.15, 0.2) is 6.29 Å². The Morgan fingerprint density at radius 3 is 2.75 bits per heavy atom. The Kier molecular flexibility index (Phi) is 10.9. The molecule has 2 aliphatic heterocycles. The first-order valence-electron chi connectivity index (χ1n) is 11.2. The van der Waals surface area contributed by atoms with Gasteiger partial charge in [-0.3, -0.25) is 20.4 Å². The minimum atomic E-state index is -3.91. The average molecular weight is 477 g/mol. The Balaban J connectivity index is 2.00. The van der Waals surface area contributed by atoms with Crippen LogP contribution < -0.4 is 26.2 Å². The van der Waals surface area contributed by atoms with E-state index in [-0.39, 0.29) is 30.9 Å². The van der Waals surface area contributed by atoms with E-state index in [1.807, 2.05) is 13.1 Å². The summed E-state index contributed by atoms with van der Waals surface area (Å²) in [6.07, 6.45) is 5.03. The van der Waals surface area contributed by atoms with Gasteiger partial charge in [-0.2, -0.15) is 10.2 Å². The van der Waals surface area contributed by atoms with Crippen LogP contribution in [0.3, 0.4) is 0 Å². The SMILES string of the molecule is CCCCS(=O)(=O)NC(CCCCNC1N=CCCN1)(NC(=O)CC1CCON1)C(=O)O. The molecule has 0 aliphatic carbocycles. The lowest BCUT2D eigenvalue weighted by Gasteiger charge is -2.32. The minimum absolute atomic E-state index is 0.0153. The van der Waals surface area contributed by atoms with Crippen molar-refractivity contribution in [1.29, 1.82) is 0 Å². The van der Waals surface area contributed by atoms with E-state index in [1.165, 1.54) is 0 Å². The minimum Gasteiger partial charge on any atom is -0.478 e. The normalized spacial score (nSPS) is 23.0. The van der Waals surface area contributed by atoms with Crippen molar-refractivity contribution in [3.05, 3.63) is 0 Å². The molecular formula is C19H36N6O6S. The lowest BCUT2D eigenvalue weighted by atomic mass is 10.0. The Bertz CT molecular complexity index is 743. The zero-order valence-corrected chi connectivity index (χ0v) is 19.4. The Morgan fingerprint density at radius 2 is 2.12 bits per heavy atom. The molecular weight excluding hydrogens is 440 g/mol. The molecule has 2 heterocycles. The van der Waals surface area contributed by atoms with Gasteiger partial charge in [0.2, 0.25) is 21.6 Å². The van der Waals surface area contributed by atoms with Crippen molar-refractivity contribution in [3.8, 4) is 0 Å². The highest BCUT2D eigenvalue weighted by molar-refractivity contribution is 7.89. The molecule has 3 unspecified atom stereocenters. The summed E-state index contributed by atoms with van der Waals surface area (Å²) in [5.74, 6) is -2.21. The van der Waals surface area contributed by atoms with E-state index >= 15 is 0 Å². The topological polar surface area (TPSA) is 170 Å². The van der Waals surface area contributed by atoms with Crippen molar-refractivity contribution in [1.82, 2.24) is 26.2 Å². The lowest BCUT2D eigenvalue weighted by Crippen LogP contribution is -2.66. The van der Waals surface area contributed by atoms with Gasteiger partial charge < -0.3 is 15.3 Å². The average Bonchev–Trinajstić information content (AvgIpc) is 3.25. The smallest absolute Gasteiger partial charge is 0.345 e. The van der Waals surface area contributed by atoms with Crippen LogP contribution in [-0.2, 0) is 24.4 Å². The summed E-state index contributed by atoms with van der Waals surface area (Å²) >= 11 is 0. The highest BCUT2D eigenvalue weighted by Gasteiger charge is 2.43. The number of carbonyl (C=O) groups excluding carboxylic acids is 1. The Morgan fingerprint density at radius 1 is 1.31 bits per heavy atom. The van der Waals surface area contributed by atoms with Gasteiger partial charge in [-0.25, -0.2) is 13.2 Å². The van der Waals surface area contributed by atoms with E-state index in [0.717, 1.165) is 13.0 Å². The van der Waals surface area contributed by atoms with Gasteiger partial charge in [-0.15, -0.1) is 0 Å². The van der Waals surface area contributed by atoms with Gasteiger partial charge in [-0.05, 0) is 45.1 Å². The van der Waals surface area contributed by atoms with Crippen LogP contribution >= 0.6 is 0 Å². The van der Waals surface area contributed by atoms with Crippen molar-refractivity contribution in [3.63, 3.8) is 0 Å². The standard InChI is InChI=1S/C19H36N6O6S/c1-2-3-13-32(29,30)25-19(17(27)28,23-16(26)14-15-7-12-31-24-15)8-4-5-9-20-18-21-10-6-11-22-18/h10,15,18,20,22,24-25H,2-9,11-14H2,1H3,(H,23,26)(H,27,28). The number of carbonyl (C=O) groups is 2. The molecule has 0 spiro atoms. The first-order chi connectivity index (χ1) is 15.3. The molecule has 2 rings (SSSR count). The van der Waals surface area contributed by atoms with Crippen LogP contribution in [0.25, 0.3) is 0 Å². The molecule has 1 amide bonds. The van der Waals surface area contributed by atoms with Crippen LogP contribution in [-0.4, -0.2) is 75.1 Å². The van der Waals surface area contributed by atoms with Gasteiger partial charge in [0.25, 0.3) is 0 Å². The molecule has 1 saturated heterocycles. The van der Waals surface area contributed by atoms with E-state index in [0.29, 0.717) is 45.3 Å². The number of nitrogens with one attached hydrogen (secondary N) is 5. The summed E-state index contributed by atoms with van der Waals surface area (Å²) in [4.78, 5) is 34.1. The number of carboxylic acids is 1. The largest absolute Gasteiger partial charge is 0.478 e. The van der Waals surface area contributed by atoms with Crippen molar-refractivity contribution in [2.24, 2.45) is 4.99 Å². The van der Waals surface area contributed by atoms with Crippen molar-refractivity contribution in [2.75, 3.05) is 25.4 Å². The monoisotopic (exact) mass is 476 g/mol. The summed E-state index contributed by atoms with van der Waals surface area (Å²) < 4.78 is 27.3. The quantitative estimate of drug-likeness (QED) is 0.133. The van der Waals surface area contributed by atoms with Gasteiger partial charge in [0, 0.05) is 25.2 Å². The van der Waals surface area contributed by atoms with Gasteiger partial charge in [0.1, 0.15) is 0 Å². The Hall–Kier alpha value is -1.64. The fourth-order valence-electron chi connectivity index (χ4n) is 3.48. The highest BCUT2D eigenvalue weighted by atomic mass is 32.2. The second-order valence-corrected chi connectivity index (χ2v) is 9.92. The van der Waals surface area contributed by atoms with E-state index in [9.17, 15) is 23.1 Å². The first-order valence-corrected chi connectivity index (χ1v) is 12.8. The number of hydroxylamine groups is 1. The van der Waals surface area contributed by atoms with Crippen molar-refractivity contribution < 1.29 is 28.0 Å². The van der Waals surface area contributed by atoms with Crippen LogP contribution in [0.1, 0.15) is 58.3 Å². The molecule has 0 radical (unpaired) electrons. The fraction of sp³-hybridized carbons (Fsp3) is 0.842. The molecule has 12 nitrogen and oxygen atoms in total. The summed E-state index contributed by atoms with van der Waals surface area (Å²) in [7, 11) is -3.91. The molecule has 2 aliphatic rings. The summed E-state index contributed by atoms with van der Waals surface area (Å²) in [6, 6.07) is -0.244. The zero-order chi connectivity index (χ0) is 23.5. The molecule has 184 valence electrons. The van der Waals surface area contributed by atoms with E-state index in [2.05, 4.69) is 31.1 Å². The molecule has 3 atom stereocenters. The number of hydrogen-bond acceptors (Lipinski definition) is 9. The Labute approximate surface area is 189 Å². The predicted molar refractivity (Wildman–Crippen MR) is 119 cm³/mol. The molecule has 0 bridgehead atoms. The number of aliphatic carboxylic acids is 1. The fourth-order valence-corrected chi connectivity index (χ4v) is 5.03. The molecule has 0 aromatic carbocycles. The number of amides is 1. The molecule has 0 saturated carbocycles. The number of sulfonamides is 1. The van der Waals surface area contributed by atoms with Crippen LogP contribution in [0.2, 0.25) is 0 Å². The third-order valence-corrected chi connectivity index (χ3v) is 6.73. The predicted octanol–water partition coefficient (Wildman–Crippen LogP) is -0.606. The lowest BCUT2D eigenvalue weighted by molar-refractivity contribution is -0.149. The second kappa shape index (κ2) is 13.2. The third-order valence-electron chi connectivity index (χ3n) is 5.25. The molecule has 1 fully saturated rings. The maximum Gasteiger partial charge on any atom is 0.345 e. The van der Waals surface area contributed by atoms with E-state index in [4.69, 9.17) is 4.84 Å².